The van der Waals surface area contributed by atoms with Crippen LogP contribution in [0.5, 0.6) is 5.75 Å². The Labute approximate surface area is 119 Å². The summed E-state index contributed by atoms with van der Waals surface area (Å²) in [6.07, 6.45) is 0. The summed E-state index contributed by atoms with van der Waals surface area (Å²) >= 11 is 0. The minimum atomic E-state index is -0.00569. The van der Waals surface area contributed by atoms with Gasteiger partial charge in [0, 0.05) is 17.3 Å². The molecule has 0 radical (unpaired) electrons. The zero-order valence-corrected chi connectivity index (χ0v) is 12.0. The fourth-order valence-electron chi connectivity index (χ4n) is 2.11. The molecular weight excluding hydrogens is 250 g/mol. The van der Waals surface area contributed by atoms with E-state index in [2.05, 4.69) is 0 Å². The fourth-order valence-corrected chi connectivity index (χ4v) is 2.11. The van der Waals surface area contributed by atoms with Gasteiger partial charge in [0.25, 0.3) is 5.91 Å². The van der Waals surface area contributed by atoms with Gasteiger partial charge in [-0.1, -0.05) is 18.2 Å². The Morgan fingerprint density at radius 3 is 2.10 bits per heavy atom. The highest BCUT2D eigenvalue weighted by molar-refractivity contribution is 6.06. The van der Waals surface area contributed by atoms with Crippen LogP contribution in [-0.4, -0.2) is 19.1 Å². The molecule has 0 spiro atoms. The van der Waals surface area contributed by atoms with Crippen molar-refractivity contribution in [2.45, 2.75) is 19.9 Å². The van der Waals surface area contributed by atoms with E-state index in [9.17, 15) is 4.79 Å². The molecule has 104 valence electrons. The maximum absolute atomic E-state index is 12.7. The monoisotopic (exact) mass is 269 g/mol. The van der Waals surface area contributed by atoms with Crippen LogP contribution >= 0.6 is 0 Å². The molecule has 2 aromatic rings. The average Bonchev–Trinajstić information content (AvgIpc) is 2.48. The Bertz CT molecular complexity index is 561. The van der Waals surface area contributed by atoms with Crippen molar-refractivity contribution in [2.75, 3.05) is 12.0 Å². The van der Waals surface area contributed by atoms with Gasteiger partial charge in [-0.25, -0.2) is 0 Å². The lowest BCUT2D eigenvalue weighted by Gasteiger charge is -2.27. The van der Waals surface area contributed by atoms with E-state index in [1.807, 2.05) is 44.2 Å². The lowest BCUT2D eigenvalue weighted by molar-refractivity contribution is 0.0980. The number of para-hydroxylation sites is 1. The third-order valence-electron chi connectivity index (χ3n) is 3.11. The molecule has 3 nitrogen and oxygen atoms in total. The van der Waals surface area contributed by atoms with Crippen LogP contribution in [0.4, 0.5) is 5.69 Å². The van der Waals surface area contributed by atoms with E-state index in [-0.39, 0.29) is 11.9 Å². The van der Waals surface area contributed by atoms with E-state index in [1.54, 1.807) is 36.3 Å². The van der Waals surface area contributed by atoms with Crippen LogP contribution in [0.25, 0.3) is 0 Å². The van der Waals surface area contributed by atoms with Crippen molar-refractivity contribution >= 4 is 11.6 Å². The third kappa shape index (κ3) is 2.99. The normalized spacial score (nSPS) is 10.4. The number of anilines is 1. The summed E-state index contributed by atoms with van der Waals surface area (Å²) in [6.45, 7) is 4.02. The number of hydrogen-bond donors (Lipinski definition) is 0. The van der Waals surface area contributed by atoms with Gasteiger partial charge in [0.2, 0.25) is 0 Å². The smallest absolute Gasteiger partial charge is 0.258 e. The van der Waals surface area contributed by atoms with Crippen LogP contribution < -0.4 is 9.64 Å². The van der Waals surface area contributed by atoms with E-state index in [0.29, 0.717) is 5.56 Å². The summed E-state index contributed by atoms with van der Waals surface area (Å²) in [7, 11) is 1.61. The summed E-state index contributed by atoms with van der Waals surface area (Å²) in [6, 6.07) is 17.0. The van der Waals surface area contributed by atoms with Gasteiger partial charge >= 0.3 is 0 Å². The predicted octanol–water partition coefficient (Wildman–Crippen LogP) is 3.75. The number of carbonyl (C=O) groups is 1. The van der Waals surface area contributed by atoms with Gasteiger partial charge in [-0.15, -0.1) is 0 Å². The highest BCUT2D eigenvalue weighted by Gasteiger charge is 2.20. The number of ether oxygens (including phenoxy) is 1. The Morgan fingerprint density at radius 1 is 1.00 bits per heavy atom. The first kappa shape index (κ1) is 14.1. The molecule has 0 bridgehead atoms. The molecule has 3 heteroatoms. The molecule has 0 saturated heterocycles. The summed E-state index contributed by atoms with van der Waals surface area (Å²) in [4.78, 5) is 14.5. The van der Waals surface area contributed by atoms with Gasteiger partial charge in [-0.3, -0.25) is 4.79 Å². The van der Waals surface area contributed by atoms with Gasteiger partial charge in [0.05, 0.1) is 7.11 Å². The van der Waals surface area contributed by atoms with Gasteiger partial charge in [-0.05, 0) is 50.2 Å². The van der Waals surface area contributed by atoms with Gasteiger partial charge < -0.3 is 9.64 Å². The second kappa shape index (κ2) is 6.24. The number of benzene rings is 2. The maximum Gasteiger partial charge on any atom is 0.258 e. The number of methoxy groups -OCH3 is 1. The molecule has 0 atom stereocenters. The lowest BCUT2D eigenvalue weighted by atomic mass is 10.1. The SMILES string of the molecule is COc1ccc(C(=O)N(c2ccccc2)C(C)C)cc1. The lowest BCUT2D eigenvalue weighted by Crippen LogP contribution is -2.36. The van der Waals surface area contributed by atoms with Crippen LogP contribution in [0.3, 0.4) is 0 Å². The molecule has 20 heavy (non-hydrogen) atoms. The number of nitrogens with zero attached hydrogens (tertiary/aromatic N) is 1. The second-order valence-electron chi connectivity index (χ2n) is 4.83. The van der Waals surface area contributed by atoms with Crippen molar-refractivity contribution in [3.8, 4) is 5.75 Å². The van der Waals surface area contributed by atoms with Crippen molar-refractivity contribution in [1.82, 2.24) is 0 Å². The molecule has 0 fully saturated rings. The van der Waals surface area contributed by atoms with Crippen LogP contribution in [0.15, 0.2) is 54.6 Å². The fraction of sp³-hybridized carbons (Fsp3) is 0.235. The van der Waals surface area contributed by atoms with Crippen molar-refractivity contribution in [2.24, 2.45) is 0 Å². The minimum Gasteiger partial charge on any atom is -0.497 e. The molecule has 0 saturated carbocycles. The van der Waals surface area contributed by atoms with E-state index in [4.69, 9.17) is 4.74 Å². The third-order valence-corrected chi connectivity index (χ3v) is 3.11. The zero-order valence-electron chi connectivity index (χ0n) is 12.0. The highest BCUT2D eigenvalue weighted by Crippen LogP contribution is 2.21. The number of amides is 1. The topological polar surface area (TPSA) is 29.5 Å². The Kier molecular flexibility index (Phi) is 4.41. The van der Waals surface area contributed by atoms with E-state index in [1.165, 1.54) is 0 Å². The Hall–Kier alpha value is -2.29. The standard InChI is InChI=1S/C17H19NO2/c1-13(2)18(15-7-5-4-6-8-15)17(19)14-9-11-16(20-3)12-10-14/h4-13H,1-3H3. The van der Waals surface area contributed by atoms with Gasteiger partial charge in [0.15, 0.2) is 0 Å². The van der Waals surface area contributed by atoms with E-state index < -0.39 is 0 Å². The Balaban J connectivity index is 2.32. The molecule has 0 aliphatic heterocycles. The molecule has 0 heterocycles. The highest BCUT2D eigenvalue weighted by atomic mass is 16.5. The molecule has 0 unspecified atom stereocenters. The first-order chi connectivity index (χ1) is 9.63. The zero-order chi connectivity index (χ0) is 14.5. The number of rotatable bonds is 4. The maximum atomic E-state index is 12.7. The molecule has 0 aliphatic rings. The molecule has 0 aliphatic carbocycles. The molecule has 0 N–H and O–H groups in total. The summed E-state index contributed by atoms with van der Waals surface area (Å²) in [5.41, 5.74) is 1.56. The second-order valence-corrected chi connectivity index (χ2v) is 4.83. The number of hydrogen-bond acceptors (Lipinski definition) is 2. The quantitative estimate of drug-likeness (QED) is 0.846. The molecule has 2 aromatic carbocycles. The predicted molar refractivity (Wildman–Crippen MR) is 81.4 cm³/mol. The molecule has 0 aromatic heterocycles. The first-order valence-electron chi connectivity index (χ1n) is 6.66. The van der Waals surface area contributed by atoms with Crippen molar-refractivity contribution < 1.29 is 9.53 Å². The van der Waals surface area contributed by atoms with Gasteiger partial charge in [0.1, 0.15) is 5.75 Å². The van der Waals surface area contributed by atoms with Crippen LogP contribution in [0.1, 0.15) is 24.2 Å². The summed E-state index contributed by atoms with van der Waals surface area (Å²) in [5.74, 6) is 0.742. The Morgan fingerprint density at radius 2 is 1.60 bits per heavy atom. The van der Waals surface area contributed by atoms with Gasteiger partial charge in [-0.2, -0.15) is 0 Å². The summed E-state index contributed by atoms with van der Waals surface area (Å²) in [5, 5.41) is 0. The van der Waals surface area contributed by atoms with Crippen molar-refractivity contribution in [3.63, 3.8) is 0 Å². The minimum absolute atomic E-state index is 0.00569. The van der Waals surface area contributed by atoms with Crippen molar-refractivity contribution in [1.29, 1.82) is 0 Å². The van der Waals surface area contributed by atoms with Crippen LogP contribution in [0.2, 0.25) is 0 Å². The first-order valence-corrected chi connectivity index (χ1v) is 6.66. The van der Waals surface area contributed by atoms with E-state index >= 15 is 0 Å². The number of carbonyl (C=O) groups excluding carboxylic acids is 1. The molecule has 2 rings (SSSR count). The van der Waals surface area contributed by atoms with Crippen LogP contribution in [-0.2, 0) is 0 Å². The molecular formula is C17H19NO2. The largest absolute Gasteiger partial charge is 0.497 e. The van der Waals surface area contributed by atoms with Crippen LogP contribution in [0, 0.1) is 0 Å². The summed E-state index contributed by atoms with van der Waals surface area (Å²) < 4.78 is 5.12. The average molecular weight is 269 g/mol. The van der Waals surface area contributed by atoms with E-state index in [0.717, 1.165) is 11.4 Å². The van der Waals surface area contributed by atoms with Crippen molar-refractivity contribution in [3.05, 3.63) is 60.2 Å². The molecule has 1 amide bonds.